The molecule has 0 bridgehead atoms. The van der Waals surface area contributed by atoms with Crippen molar-refractivity contribution in [3.05, 3.63) is 39.8 Å². The Balaban J connectivity index is 1.30. The number of benzene rings is 1. The van der Waals surface area contributed by atoms with Gasteiger partial charge in [0.05, 0.1) is 25.3 Å². The van der Waals surface area contributed by atoms with Crippen LogP contribution in [0.2, 0.25) is 0 Å². The number of amides is 2. The molecule has 8 heteroatoms. The van der Waals surface area contributed by atoms with Crippen molar-refractivity contribution in [1.29, 1.82) is 0 Å². The highest BCUT2D eigenvalue weighted by Gasteiger charge is 2.30. The summed E-state index contributed by atoms with van der Waals surface area (Å²) in [6.07, 6.45) is 5.76. The largest absolute Gasteiger partial charge is 0.490 e. The summed E-state index contributed by atoms with van der Waals surface area (Å²) in [7, 11) is 0. The number of nitrogens with one attached hydrogen (secondary N) is 1. The van der Waals surface area contributed by atoms with Gasteiger partial charge in [0.1, 0.15) is 5.00 Å². The number of hydrogen-bond donors (Lipinski definition) is 2. The minimum atomic E-state index is -0.457. The van der Waals surface area contributed by atoms with E-state index < -0.39 is 5.91 Å². The number of carbonyl (C=O) groups excluding carboxylic acids is 2. The number of rotatable bonds is 5. The van der Waals surface area contributed by atoms with Crippen LogP contribution >= 0.6 is 11.3 Å². The Morgan fingerprint density at radius 1 is 1.13 bits per heavy atom. The maximum Gasteiger partial charge on any atom is 0.251 e. The normalized spacial score (nSPS) is 20.3. The van der Waals surface area contributed by atoms with Gasteiger partial charge in [0.25, 0.3) is 5.91 Å². The molecule has 3 aliphatic rings. The molecule has 31 heavy (non-hydrogen) atoms. The van der Waals surface area contributed by atoms with E-state index in [2.05, 4.69) is 22.3 Å². The summed E-state index contributed by atoms with van der Waals surface area (Å²) in [6.45, 7) is 2.46. The molecule has 0 unspecified atom stereocenters. The number of hydrogen-bond acceptors (Lipinski definition) is 6. The van der Waals surface area contributed by atoms with Crippen molar-refractivity contribution in [1.82, 2.24) is 4.90 Å². The van der Waals surface area contributed by atoms with Crippen molar-refractivity contribution in [3.8, 4) is 11.5 Å². The lowest BCUT2D eigenvalue weighted by molar-refractivity contribution is -0.117. The Morgan fingerprint density at radius 3 is 2.81 bits per heavy atom. The molecule has 1 fully saturated rings. The van der Waals surface area contributed by atoms with Gasteiger partial charge >= 0.3 is 0 Å². The van der Waals surface area contributed by atoms with Crippen LogP contribution in [0.1, 0.15) is 58.1 Å². The first-order valence-corrected chi connectivity index (χ1v) is 11.8. The lowest BCUT2D eigenvalue weighted by Gasteiger charge is -2.25. The monoisotopic (exact) mass is 441 g/mol. The summed E-state index contributed by atoms with van der Waals surface area (Å²) in [5.74, 6) is 1.00. The van der Waals surface area contributed by atoms with Gasteiger partial charge in [-0.15, -0.1) is 11.3 Å². The molecule has 1 saturated heterocycles. The average Bonchev–Trinajstić information content (AvgIpc) is 3.40. The van der Waals surface area contributed by atoms with E-state index in [1.54, 1.807) is 0 Å². The summed E-state index contributed by atoms with van der Waals surface area (Å²) in [5, 5.41) is 3.58. The van der Waals surface area contributed by atoms with E-state index in [4.69, 9.17) is 15.2 Å². The van der Waals surface area contributed by atoms with Gasteiger partial charge < -0.3 is 20.5 Å². The van der Waals surface area contributed by atoms with Crippen LogP contribution in [-0.4, -0.2) is 43.0 Å². The number of thiophene rings is 1. The third-order valence-corrected chi connectivity index (χ3v) is 7.49. The van der Waals surface area contributed by atoms with Gasteiger partial charge in [-0.3, -0.25) is 14.5 Å². The highest BCUT2D eigenvalue weighted by atomic mass is 32.1. The summed E-state index contributed by atoms with van der Waals surface area (Å²) in [5.41, 5.74) is 8.29. The number of nitrogens with two attached hydrogens (primary N) is 1. The molecule has 2 amide bonds. The van der Waals surface area contributed by atoms with E-state index in [-0.39, 0.29) is 18.5 Å². The Bertz CT molecular complexity index is 1020. The quantitative estimate of drug-likeness (QED) is 0.743. The number of likely N-dealkylation sites (tertiary alicyclic amines) is 1. The lowest BCUT2D eigenvalue weighted by Crippen LogP contribution is -2.33. The van der Waals surface area contributed by atoms with Crippen molar-refractivity contribution in [2.24, 2.45) is 5.73 Å². The van der Waals surface area contributed by atoms with Crippen LogP contribution in [0.4, 0.5) is 5.00 Å². The fraction of sp³-hybridized carbons (Fsp3) is 0.478. The van der Waals surface area contributed by atoms with Crippen LogP contribution in [0.5, 0.6) is 11.5 Å². The molecule has 0 radical (unpaired) electrons. The lowest BCUT2D eigenvalue weighted by atomic mass is 10.0. The second-order valence-electron chi connectivity index (χ2n) is 8.36. The summed E-state index contributed by atoms with van der Waals surface area (Å²) >= 11 is 1.50. The maximum absolute atomic E-state index is 12.9. The van der Waals surface area contributed by atoms with E-state index in [0.29, 0.717) is 23.8 Å². The first-order chi connectivity index (χ1) is 15.1. The standard InChI is InChI=1S/C23H27N3O4S/c24-22(28)21-15-4-1-6-19(15)31-23(21)25-20(27)13-26-9-2-5-16(26)14-7-8-17-18(12-14)30-11-3-10-29-17/h7-8,12,16H,1-6,9-11,13H2,(H2,24,28)(H,25,27)/t16-/m1/s1. The molecule has 5 rings (SSSR count). The van der Waals surface area contributed by atoms with E-state index >= 15 is 0 Å². The number of fused-ring (bicyclic) bond motifs is 2. The second kappa shape index (κ2) is 8.51. The van der Waals surface area contributed by atoms with Gasteiger partial charge in [-0.25, -0.2) is 0 Å². The van der Waals surface area contributed by atoms with Crippen molar-refractivity contribution in [2.75, 3.05) is 31.6 Å². The number of nitrogens with zero attached hydrogens (tertiary/aromatic N) is 1. The number of aryl methyl sites for hydroxylation is 1. The molecule has 2 aromatic rings. The number of primary amides is 1. The van der Waals surface area contributed by atoms with Crippen molar-refractivity contribution in [3.63, 3.8) is 0 Å². The Hall–Kier alpha value is -2.58. The van der Waals surface area contributed by atoms with Crippen LogP contribution in [0.15, 0.2) is 18.2 Å². The minimum absolute atomic E-state index is 0.108. The Morgan fingerprint density at radius 2 is 1.97 bits per heavy atom. The van der Waals surface area contributed by atoms with Crippen LogP contribution in [-0.2, 0) is 17.6 Å². The third-order valence-electron chi connectivity index (χ3n) is 6.29. The van der Waals surface area contributed by atoms with Crippen molar-refractivity contribution < 1.29 is 19.1 Å². The Kier molecular flexibility index (Phi) is 5.58. The predicted molar refractivity (Wildman–Crippen MR) is 119 cm³/mol. The third kappa shape index (κ3) is 4.02. The zero-order chi connectivity index (χ0) is 21.4. The van der Waals surface area contributed by atoms with Crippen LogP contribution < -0.4 is 20.5 Å². The zero-order valence-corrected chi connectivity index (χ0v) is 18.3. The minimum Gasteiger partial charge on any atom is -0.490 e. The van der Waals surface area contributed by atoms with Crippen LogP contribution in [0.25, 0.3) is 0 Å². The zero-order valence-electron chi connectivity index (χ0n) is 17.4. The van der Waals surface area contributed by atoms with Gasteiger partial charge in [-0.05, 0) is 61.9 Å². The van der Waals surface area contributed by atoms with Crippen molar-refractivity contribution in [2.45, 2.75) is 44.6 Å². The topological polar surface area (TPSA) is 93.9 Å². The molecule has 164 valence electrons. The molecule has 1 atom stereocenters. The van der Waals surface area contributed by atoms with E-state index in [9.17, 15) is 9.59 Å². The Labute approximate surface area is 185 Å². The fourth-order valence-corrected chi connectivity index (χ4v) is 6.19. The molecule has 1 aromatic heterocycles. The maximum atomic E-state index is 12.9. The summed E-state index contributed by atoms with van der Waals surface area (Å²) in [4.78, 5) is 28.2. The van der Waals surface area contributed by atoms with E-state index in [0.717, 1.165) is 67.7 Å². The number of carbonyl (C=O) groups is 2. The van der Waals surface area contributed by atoms with Gasteiger partial charge in [-0.1, -0.05) is 6.07 Å². The molecule has 3 N–H and O–H groups in total. The molecular weight excluding hydrogens is 414 g/mol. The van der Waals surface area contributed by atoms with Crippen LogP contribution in [0.3, 0.4) is 0 Å². The van der Waals surface area contributed by atoms with Crippen molar-refractivity contribution >= 4 is 28.2 Å². The first kappa shape index (κ1) is 20.3. The molecule has 0 saturated carbocycles. The molecule has 2 aliphatic heterocycles. The number of anilines is 1. The van der Waals surface area contributed by atoms with Crippen LogP contribution in [0, 0.1) is 0 Å². The smallest absolute Gasteiger partial charge is 0.251 e. The number of ether oxygens (including phenoxy) is 2. The van der Waals surface area contributed by atoms with Gasteiger partial charge in [-0.2, -0.15) is 0 Å². The molecule has 3 heterocycles. The molecule has 1 aliphatic carbocycles. The second-order valence-corrected chi connectivity index (χ2v) is 9.46. The summed E-state index contributed by atoms with van der Waals surface area (Å²) < 4.78 is 11.6. The average molecular weight is 442 g/mol. The fourth-order valence-electron chi connectivity index (χ4n) is 4.88. The summed E-state index contributed by atoms with van der Waals surface area (Å²) in [6, 6.07) is 6.26. The highest BCUT2D eigenvalue weighted by molar-refractivity contribution is 7.17. The first-order valence-electron chi connectivity index (χ1n) is 11.0. The van der Waals surface area contributed by atoms with E-state index in [1.165, 1.54) is 16.2 Å². The molecule has 7 nitrogen and oxygen atoms in total. The van der Waals surface area contributed by atoms with E-state index in [1.807, 2.05) is 6.07 Å². The molecule has 0 spiro atoms. The highest BCUT2D eigenvalue weighted by Crippen LogP contribution is 2.40. The van der Waals surface area contributed by atoms with Gasteiger partial charge in [0.2, 0.25) is 5.91 Å². The molecular formula is C23H27N3O4S. The SMILES string of the molecule is NC(=O)c1c(NC(=O)CN2CCC[C@@H]2c2ccc3c(c2)OCCCO3)sc2c1CCC2. The van der Waals surface area contributed by atoms with Gasteiger partial charge in [0.15, 0.2) is 11.5 Å². The van der Waals surface area contributed by atoms with Gasteiger partial charge in [0, 0.05) is 17.3 Å². The predicted octanol–water partition coefficient (Wildman–Crippen LogP) is 3.27. The molecule has 1 aromatic carbocycles.